The number of nitrogens with one attached hydrogen (secondary N) is 1. The van der Waals surface area contributed by atoms with Crippen LogP contribution in [0.25, 0.3) is 0 Å². The van der Waals surface area contributed by atoms with Gasteiger partial charge >= 0.3 is 0 Å². The van der Waals surface area contributed by atoms with E-state index in [-0.39, 0.29) is 11.8 Å². The van der Waals surface area contributed by atoms with E-state index < -0.39 is 0 Å². The predicted octanol–water partition coefficient (Wildman–Crippen LogP) is 1.91. The van der Waals surface area contributed by atoms with Crippen LogP contribution in [-0.2, 0) is 4.79 Å². The lowest BCUT2D eigenvalue weighted by Gasteiger charge is -2.33. The maximum Gasteiger partial charge on any atom is 0.224 e. The summed E-state index contributed by atoms with van der Waals surface area (Å²) in [6, 6.07) is 0.374. The summed E-state index contributed by atoms with van der Waals surface area (Å²) in [5.41, 5.74) is 5.58. The van der Waals surface area contributed by atoms with Crippen LogP contribution in [0.3, 0.4) is 0 Å². The Morgan fingerprint density at radius 2 is 2.06 bits per heavy atom. The van der Waals surface area contributed by atoms with E-state index >= 15 is 0 Å². The third-order valence-electron chi connectivity index (χ3n) is 4.09. The number of rotatable bonds is 4. The van der Waals surface area contributed by atoms with E-state index in [0.717, 1.165) is 31.1 Å². The van der Waals surface area contributed by atoms with Gasteiger partial charge in [0.05, 0.1) is 0 Å². The van der Waals surface area contributed by atoms with Gasteiger partial charge in [0, 0.05) is 18.5 Å². The summed E-state index contributed by atoms with van der Waals surface area (Å²) in [7, 11) is 0. The van der Waals surface area contributed by atoms with Crippen molar-refractivity contribution in [2.75, 3.05) is 6.54 Å². The third-order valence-corrected chi connectivity index (χ3v) is 4.09. The van der Waals surface area contributed by atoms with Gasteiger partial charge in [0.15, 0.2) is 0 Å². The molecule has 1 amide bonds. The quantitative estimate of drug-likeness (QED) is 0.769. The Bertz CT molecular complexity index is 226. The van der Waals surface area contributed by atoms with Gasteiger partial charge in [-0.05, 0) is 37.5 Å². The van der Waals surface area contributed by atoms with Gasteiger partial charge in [0.25, 0.3) is 0 Å². The standard InChI is InChI=1S/C13H26N2O/c1-4-11(8-14)13(16)15-12-6-5-9(2)10(3)7-12/h9-12H,4-8,14H2,1-3H3,(H,15,16). The third kappa shape index (κ3) is 3.48. The Morgan fingerprint density at radius 1 is 1.38 bits per heavy atom. The van der Waals surface area contributed by atoms with Crippen molar-refractivity contribution in [3.8, 4) is 0 Å². The molecule has 0 aliphatic heterocycles. The highest BCUT2D eigenvalue weighted by molar-refractivity contribution is 5.79. The Labute approximate surface area is 99.2 Å². The van der Waals surface area contributed by atoms with Crippen molar-refractivity contribution >= 4 is 5.91 Å². The van der Waals surface area contributed by atoms with Crippen molar-refractivity contribution in [3.63, 3.8) is 0 Å². The second kappa shape index (κ2) is 6.24. The molecule has 3 heteroatoms. The summed E-state index contributed by atoms with van der Waals surface area (Å²) in [4.78, 5) is 11.9. The fourth-order valence-electron chi connectivity index (χ4n) is 2.46. The van der Waals surface area contributed by atoms with Crippen LogP contribution in [0.1, 0.15) is 46.5 Å². The molecule has 1 fully saturated rings. The van der Waals surface area contributed by atoms with Gasteiger partial charge in [-0.1, -0.05) is 20.8 Å². The zero-order valence-corrected chi connectivity index (χ0v) is 10.8. The number of nitrogens with two attached hydrogens (primary N) is 1. The van der Waals surface area contributed by atoms with Crippen LogP contribution in [0.4, 0.5) is 0 Å². The molecule has 16 heavy (non-hydrogen) atoms. The van der Waals surface area contributed by atoms with Gasteiger partial charge in [0.1, 0.15) is 0 Å². The van der Waals surface area contributed by atoms with E-state index in [1.54, 1.807) is 0 Å². The molecule has 0 saturated heterocycles. The summed E-state index contributed by atoms with van der Waals surface area (Å²) < 4.78 is 0. The fraction of sp³-hybridized carbons (Fsp3) is 0.923. The van der Waals surface area contributed by atoms with E-state index in [0.29, 0.717) is 12.6 Å². The van der Waals surface area contributed by atoms with Crippen LogP contribution >= 0.6 is 0 Å². The molecular weight excluding hydrogens is 200 g/mol. The Morgan fingerprint density at radius 3 is 2.56 bits per heavy atom. The second-order valence-corrected chi connectivity index (χ2v) is 5.31. The average Bonchev–Trinajstić information content (AvgIpc) is 2.25. The van der Waals surface area contributed by atoms with Crippen molar-refractivity contribution in [1.29, 1.82) is 0 Å². The first-order valence-corrected chi connectivity index (χ1v) is 6.58. The molecule has 0 aromatic heterocycles. The highest BCUT2D eigenvalue weighted by atomic mass is 16.1. The molecule has 0 bridgehead atoms. The Kier molecular flexibility index (Phi) is 5.26. The van der Waals surface area contributed by atoms with E-state index in [2.05, 4.69) is 19.2 Å². The minimum Gasteiger partial charge on any atom is -0.353 e. The molecule has 0 aromatic rings. The van der Waals surface area contributed by atoms with Gasteiger partial charge in [-0.15, -0.1) is 0 Å². The SMILES string of the molecule is CCC(CN)C(=O)NC1CCC(C)C(C)C1. The van der Waals surface area contributed by atoms with E-state index in [9.17, 15) is 4.79 Å². The first-order valence-electron chi connectivity index (χ1n) is 6.58. The highest BCUT2D eigenvalue weighted by Gasteiger charge is 2.26. The van der Waals surface area contributed by atoms with Crippen LogP contribution in [0.5, 0.6) is 0 Å². The molecule has 1 rings (SSSR count). The van der Waals surface area contributed by atoms with Gasteiger partial charge in [-0.3, -0.25) is 4.79 Å². The number of amides is 1. The molecular formula is C13H26N2O. The molecule has 4 unspecified atom stereocenters. The Hall–Kier alpha value is -0.570. The number of hydrogen-bond donors (Lipinski definition) is 2. The largest absolute Gasteiger partial charge is 0.353 e. The van der Waals surface area contributed by atoms with Gasteiger partial charge in [-0.25, -0.2) is 0 Å². The second-order valence-electron chi connectivity index (χ2n) is 5.31. The number of hydrogen-bond acceptors (Lipinski definition) is 2. The molecule has 1 aliphatic rings. The van der Waals surface area contributed by atoms with Crippen molar-refractivity contribution in [1.82, 2.24) is 5.32 Å². The highest BCUT2D eigenvalue weighted by Crippen LogP contribution is 2.29. The maximum absolute atomic E-state index is 11.9. The molecule has 0 heterocycles. The van der Waals surface area contributed by atoms with Gasteiger partial charge < -0.3 is 11.1 Å². The predicted molar refractivity (Wildman–Crippen MR) is 66.9 cm³/mol. The molecule has 94 valence electrons. The lowest BCUT2D eigenvalue weighted by molar-refractivity contribution is -0.125. The average molecular weight is 226 g/mol. The number of carbonyl (C=O) groups is 1. The normalized spacial score (nSPS) is 32.1. The molecule has 0 aromatic carbocycles. The topological polar surface area (TPSA) is 55.1 Å². The first kappa shape index (κ1) is 13.5. The van der Waals surface area contributed by atoms with Crippen molar-refractivity contribution in [3.05, 3.63) is 0 Å². The molecule has 1 saturated carbocycles. The smallest absolute Gasteiger partial charge is 0.224 e. The lowest BCUT2D eigenvalue weighted by Crippen LogP contribution is -2.44. The fourth-order valence-corrected chi connectivity index (χ4v) is 2.46. The monoisotopic (exact) mass is 226 g/mol. The van der Waals surface area contributed by atoms with Crippen LogP contribution in [0.2, 0.25) is 0 Å². The lowest BCUT2D eigenvalue weighted by atomic mass is 9.79. The maximum atomic E-state index is 11.9. The van der Waals surface area contributed by atoms with Crippen LogP contribution in [0.15, 0.2) is 0 Å². The first-order chi connectivity index (χ1) is 7.58. The van der Waals surface area contributed by atoms with E-state index in [4.69, 9.17) is 5.73 Å². The summed E-state index contributed by atoms with van der Waals surface area (Å²) in [5, 5.41) is 3.15. The van der Waals surface area contributed by atoms with Gasteiger partial charge in [0.2, 0.25) is 5.91 Å². The zero-order valence-electron chi connectivity index (χ0n) is 10.8. The molecule has 3 N–H and O–H groups in total. The summed E-state index contributed by atoms with van der Waals surface area (Å²) in [6.07, 6.45) is 4.30. The molecule has 0 radical (unpaired) electrons. The van der Waals surface area contributed by atoms with E-state index in [1.807, 2.05) is 6.92 Å². The molecule has 3 nitrogen and oxygen atoms in total. The van der Waals surface area contributed by atoms with Crippen molar-refractivity contribution < 1.29 is 4.79 Å². The van der Waals surface area contributed by atoms with Crippen LogP contribution in [0, 0.1) is 17.8 Å². The minimum absolute atomic E-state index is 0.00495. The molecule has 4 atom stereocenters. The zero-order chi connectivity index (χ0) is 12.1. The summed E-state index contributed by atoms with van der Waals surface area (Å²) in [6.45, 7) is 7.06. The van der Waals surface area contributed by atoms with Gasteiger partial charge in [-0.2, -0.15) is 0 Å². The van der Waals surface area contributed by atoms with Crippen LogP contribution in [-0.4, -0.2) is 18.5 Å². The van der Waals surface area contributed by atoms with Crippen LogP contribution < -0.4 is 11.1 Å². The minimum atomic E-state index is -0.00495. The summed E-state index contributed by atoms with van der Waals surface area (Å²) >= 11 is 0. The molecule has 0 spiro atoms. The Balaban J connectivity index is 2.40. The number of carbonyl (C=O) groups excluding carboxylic acids is 1. The molecule has 1 aliphatic carbocycles. The van der Waals surface area contributed by atoms with Crippen molar-refractivity contribution in [2.24, 2.45) is 23.5 Å². The van der Waals surface area contributed by atoms with E-state index in [1.165, 1.54) is 6.42 Å². The van der Waals surface area contributed by atoms with Crippen molar-refractivity contribution in [2.45, 2.75) is 52.5 Å². The summed E-state index contributed by atoms with van der Waals surface area (Å²) in [5.74, 6) is 1.66.